The van der Waals surface area contributed by atoms with Gasteiger partial charge in [0.2, 0.25) is 0 Å². The molecule has 0 amide bonds. The first-order valence-electron chi connectivity index (χ1n) is 5.47. The second-order valence-electron chi connectivity index (χ2n) is 4.43. The largest absolute Gasteiger partial charge is 0.341 e. The third-order valence-corrected chi connectivity index (χ3v) is 5.18. The minimum absolute atomic E-state index is 0.186. The van der Waals surface area contributed by atoms with Gasteiger partial charge in [0.15, 0.2) is 0 Å². The van der Waals surface area contributed by atoms with Gasteiger partial charge >= 0.3 is 0 Å². The molecule has 2 aromatic rings. The zero-order chi connectivity index (χ0) is 11.2. The summed E-state index contributed by atoms with van der Waals surface area (Å²) in [6.07, 6.45) is 2.51. The molecule has 2 nitrogen and oxygen atoms in total. The van der Waals surface area contributed by atoms with Crippen LogP contribution in [0.3, 0.4) is 0 Å². The van der Waals surface area contributed by atoms with Crippen molar-refractivity contribution >= 4 is 38.7 Å². The van der Waals surface area contributed by atoms with Crippen LogP contribution < -0.4 is 0 Å². The molecule has 1 aromatic heterocycles. The highest BCUT2D eigenvalue weighted by Gasteiger charge is 2.34. The lowest BCUT2D eigenvalue weighted by atomic mass is 10.1. The van der Waals surface area contributed by atoms with Gasteiger partial charge in [-0.1, -0.05) is 15.9 Å². The molecular weight excluding hydrogens is 284 g/mol. The molecule has 1 aliphatic heterocycles. The summed E-state index contributed by atoms with van der Waals surface area (Å²) in [5, 5.41) is 0. The van der Waals surface area contributed by atoms with Gasteiger partial charge in [-0.15, -0.1) is 11.8 Å². The van der Waals surface area contributed by atoms with Crippen molar-refractivity contribution in [1.29, 1.82) is 0 Å². The molecule has 1 fully saturated rings. The predicted molar refractivity (Wildman–Crippen MR) is 72.8 cm³/mol. The van der Waals surface area contributed by atoms with Gasteiger partial charge in [-0.25, -0.2) is 4.98 Å². The number of hydrogen-bond donors (Lipinski definition) is 1. The van der Waals surface area contributed by atoms with E-state index in [1.165, 1.54) is 18.6 Å². The average molecular weight is 297 g/mol. The number of H-pyrrole nitrogens is 1. The monoisotopic (exact) mass is 296 g/mol. The molecule has 4 heteroatoms. The number of imidazole rings is 1. The molecule has 1 atom stereocenters. The maximum Gasteiger partial charge on any atom is 0.123 e. The van der Waals surface area contributed by atoms with E-state index >= 15 is 0 Å². The Hall–Kier alpha value is -0.480. The predicted octanol–water partition coefficient (Wildman–Crippen LogP) is 4.07. The summed E-state index contributed by atoms with van der Waals surface area (Å²) in [6.45, 7) is 2.29. The maximum absolute atomic E-state index is 4.71. The van der Waals surface area contributed by atoms with Crippen LogP contribution in [0, 0.1) is 0 Å². The van der Waals surface area contributed by atoms with Gasteiger partial charge < -0.3 is 4.98 Å². The van der Waals surface area contributed by atoms with Crippen LogP contribution >= 0.6 is 27.7 Å². The fraction of sp³-hybridized carbons (Fsp3) is 0.417. The van der Waals surface area contributed by atoms with Crippen molar-refractivity contribution in [1.82, 2.24) is 9.97 Å². The zero-order valence-corrected chi connectivity index (χ0v) is 11.5. The van der Waals surface area contributed by atoms with E-state index in [-0.39, 0.29) is 4.75 Å². The van der Waals surface area contributed by atoms with E-state index < -0.39 is 0 Å². The smallest absolute Gasteiger partial charge is 0.123 e. The Kier molecular flexibility index (Phi) is 2.51. The SMILES string of the molecule is CC1(c2nc3ccc(Br)cc3[nH]2)CCCS1. The number of thioether (sulfide) groups is 1. The van der Waals surface area contributed by atoms with E-state index in [0.29, 0.717) is 0 Å². The number of rotatable bonds is 1. The molecule has 2 heterocycles. The number of nitrogens with one attached hydrogen (secondary N) is 1. The Morgan fingerprint density at radius 3 is 3.12 bits per heavy atom. The summed E-state index contributed by atoms with van der Waals surface area (Å²) >= 11 is 5.50. The first-order valence-corrected chi connectivity index (χ1v) is 7.25. The van der Waals surface area contributed by atoms with Gasteiger partial charge in [0, 0.05) is 4.47 Å². The van der Waals surface area contributed by atoms with Gasteiger partial charge in [0.05, 0.1) is 15.8 Å². The fourth-order valence-corrected chi connectivity index (χ4v) is 3.82. The molecule has 0 spiro atoms. The molecule has 84 valence electrons. The summed E-state index contributed by atoms with van der Waals surface area (Å²) in [5.74, 6) is 2.38. The van der Waals surface area contributed by atoms with Gasteiger partial charge in [0.25, 0.3) is 0 Å². The summed E-state index contributed by atoms with van der Waals surface area (Å²) < 4.78 is 1.28. The Morgan fingerprint density at radius 1 is 1.50 bits per heavy atom. The van der Waals surface area contributed by atoms with Crippen molar-refractivity contribution in [2.24, 2.45) is 0 Å². The molecule has 0 saturated carbocycles. The van der Waals surface area contributed by atoms with E-state index in [2.05, 4.69) is 40.0 Å². The van der Waals surface area contributed by atoms with E-state index in [1.54, 1.807) is 0 Å². The molecular formula is C12H13BrN2S. The lowest BCUT2D eigenvalue weighted by molar-refractivity contribution is 0.614. The number of halogens is 1. The van der Waals surface area contributed by atoms with E-state index in [1.807, 2.05) is 17.8 Å². The van der Waals surface area contributed by atoms with Crippen molar-refractivity contribution < 1.29 is 0 Å². The zero-order valence-electron chi connectivity index (χ0n) is 9.09. The minimum atomic E-state index is 0.186. The first-order chi connectivity index (χ1) is 7.67. The summed E-state index contributed by atoms with van der Waals surface area (Å²) in [6, 6.07) is 6.19. The van der Waals surface area contributed by atoms with E-state index in [4.69, 9.17) is 4.98 Å². The number of aromatic amines is 1. The molecule has 1 N–H and O–H groups in total. The number of fused-ring (bicyclic) bond motifs is 1. The van der Waals surface area contributed by atoms with Crippen LogP contribution in [0.1, 0.15) is 25.6 Å². The van der Waals surface area contributed by atoms with E-state index in [9.17, 15) is 0 Å². The lowest BCUT2D eigenvalue weighted by Crippen LogP contribution is -2.14. The number of aromatic nitrogens is 2. The molecule has 0 aliphatic carbocycles. The third kappa shape index (κ3) is 1.68. The molecule has 1 saturated heterocycles. The Balaban J connectivity index is 2.11. The van der Waals surface area contributed by atoms with E-state index in [0.717, 1.165) is 21.3 Å². The highest BCUT2D eigenvalue weighted by Crippen LogP contribution is 2.45. The van der Waals surface area contributed by atoms with Crippen LogP contribution in [-0.2, 0) is 4.75 Å². The quantitative estimate of drug-likeness (QED) is 0.859. The standard InChI is InChI=1S/C12H13BrN2S/c1-12(5-2-6-16-12)11-14-9-4-3-8(13)7-10(9)15-11/h3-4,7H,2,5-6H2,1H3,(H,14,15). The van der Waals surface area contributed by atoms with Gasteiger partial charge in [-0.3, -0.25) is 0 Å². The van der Waals surface area contributed by atoms with Crippen LogP contribution in [0.2, 0.25) is 0 Å². The van der Waals surface area contributed by atoms with Crippen molar-refractivity contribution in [2.75, 3.05) is 5.75 Å². The highest BCUT2D eigenvalue weighted by atomic mass is 79.9. The van der Waals surface area contributed by atoms with Crippen molar-refractivity contribution in [3.63, 3.8) is 0 Å². The summed E-state index contributed by atoms with van der Waals surface area (Å²) in [7, 11) is 0. The molecule has 3 rings (SSSR count). The molecule has 1 aliphatic rings. The van der Waals surface area contributed by atoms with Gasteiger partial charge in [-0.05, 0) is 43.7 Å². The first kappa shape index (κ1) is 10.7. The number of benzene rings is 1. The molecule has 0 bridgehead atoms. The Morgan fingerprint density at radius 2 is 2.38 bits per heavy atom. The van der Waals surface area contributed by atoms with Gasteiger partial charge in [0.1, 0.15) is 5.82 Å². The summed E-state index contributed by atoms with van der Waals surface area (Å²) in [4.78, 5) is 8.17. The maximum atomic E-state index is 4.71. The molecule has 1 aromatic carbocycles. The van der Waals surface area contributed by atoms with Crippen molar-refractivity contribution in [3.8, 4) is 0 Å². The average Bonchev–Trinajstić information content (AvgIpc) is 2.84. The normalized spacial score (nSPS) is 25.4. The second-order valence-corrected chi connectivity index (χ2v) is 6.94. The van der Waals surface area contributed by atoms with Gasteiger partial charge in [-0.2, -0.15) is 0 Å². The molecule has 0 radical (unpaired) electrons. The van der Waals surface area contributed by atoms with Crippen LogP contribution in [0.15, 0.2) is 22.7 Å². The molecule has 16 heavy (non-hydrogen) atoms. The Bertz CT molecular complexity index is 529. The third-order valence-electron chi connectivity index (χ3n) is 3.16. The second kappa shape index (κ2) is 3.77. The topological polar surface area (TPSA) is 28.7 Å². The van der Waals surface area contributed by atoms with Crippen LogP contribution in [0.25, 0.3) is 11.0 Å². The minimum Gasteiger partial charge on any atom is -0.341 e. The molecule has 1 unspecified atom stereocenters. The fourth-order valence-electron chi connectivity index (χ4n) is 2.20. The number of hydrogen-bond acceptors (Lipinski definition) is 2. The Labute approximate surface area is 107 Å². The lowest BCUT2D eigenvalue weighted by Gasteiger charge is -2.18. The van der Waals surface area contributed by atoms with Crippen LogP contribution in [0.5, 0.6) is 0 Å². The van der Waals surface area contributed by atoms with Crippen molar-refractivity contribution in [3.05, 3.63) is 28.5 Å². The highest BCUT2D eigenvalue weighted by molar-refractivity contribution is 9.10. The van der Waals surface area contributed by atoms with Crippen molar-refractivity contribution in [2.45, 2.75) is 24.5 Å². The van der Waals surface area contributed by atoms with Crippen LogP contribution in [0.4, 0.5) is 0 Å². The summed E-state index contributed by atoms with van der Waals surface area (Å²) in [5.41, 5.74) is 2.19. The number of nitrogens with zero attached hydrogens (tertiary/aromatic N) is 1. The van der Waals surface area contributed by atoms with Crippen LogP contribution in [-0.4, -0.2) is 15.7 Å².